The van der Waals surface area contributed by atoms with Gasteiger partial charge >= 0.3 is 6.09 Å². The molecule has 0 aromatic rings. The Morgan fingerprint density at radius 2 is 2.05 bits per heavy atom. The van der Waals surface area contributed by atoms with E-state index < -0.39 is 5.60 Å². The summed E-state index contributed by atoms with van der Waals surface area (Å²) in [6.45, 7) is 11.7. The first kappa shape index (κ1) is 16.1. The number of hydrogen-bond acceptors (Lipinski definition) is 4. The summed E-state index contributed by atoms with van der Waals surface area (Å²) in [6.07, 6.45) is -0.255. The lowest BCUT2D eigenvalue weighted by Crippen LogP contribution is -2.55. The minimum atomic E-state index is -0.460. The van der Waals surface area contributed by atoms with Crippen LogP contribution in [0.25, 0.3) is 0 Å². The zero-order valence-corrected chi connectivity index (χ0v) is 13.3. The molecule has 0 saturated carbocycles. The van der Waals surface area contributed by atoms with E-state index in [0.29, 0.717) is 24.8 Å². The molecule has 1 aliphatic heterocycles. The number of amidine groups is 1. The quantitative estimate of drug-likeness (QED) is 0.595. The van der Waals surface area contributed by atoms with Gasteiger partial charge < -0.3 is 14.5 Å². The Balaban J connectivity index is 2.55. The Labute approximate surface area is 120 Å². The van der Waals surface area contributed by atoms with Gasteiger partial charge in [-0.25, -0.2) is 4.79 Å². The zero-order valence-electron chi connectivity index (χ0n) is 12.5. The highest BCUT2D eigenvalue weighted by molar-refractivity contribution is 8.13. The molecule has 0 aliphatic carbocycles. The van der Waals surface area contributed by atoms with Crippen molar-refractivity contribution in [3.63, 3.8) is 0 Å². The van der Waals surface area contributed by atoms with Crippen molar-refractivity contribution in [1.82, 2.24) is 9.80 Å². The second kappa shape index (κ2) is 6.50. The molecule has 5 nitrogen and oxygen atoms in total. The molecule has 0 bridgehead atoms. The molecule has 1 atom stereocenters. The highest BCUT2D eigenvalue weighted by atomic mass is 32.2. The third-order valence-electron chi connectivity index (χ3n) is 2.82. The van der Waals surface area contributed by atoms with Gasteiger partial charge in [0.05, 0.1) is 0 Å². The SMILES string of the molecule is CCSC(=N)N1CCN(C(=O)OC(C)(C)C)[C@@H](C)C1. The highest BCUT2D eigenvalue weighted by Crippen LogP contribution is 2.17. The Bertz CT molecular complexity index is 341. The number of hydrogen-bond donors (Lipinski definition) is 1. The van der Waals surface area contributed by atoms with Gasteiger partial charge in [-0.3, -0.25) is 5.41 Å². The van der Waals surface area contributed by atoms with Crippen molar-refractivity contribution >= 4 is 23.0 Å². The zero-order chi connectivity index (χ0) is 14.6. The van der Waals surface area contributed by atoms with Crippen LogP contribution in [0.3, 0.4) is 0 Å². The fourth-order valence-electron chi connectivity index (χ4n) is 1.96. The smallest absolute Gasteiger partial charge is 0.410 e. The number of piperazine rings is 1. The minimum absolute atomic E-state index is 0.0707. The monoisotopic (exact) mass is 287 g/mol. The molecule has 0 spiro atoms. The van der Waals surface area contributed by atoms with Gasteiger partial charge in [0.15, 0.2) is 5.17 Å². The van der Waals surface area contributed by atoms with Crippen molar-refractivity contribution in [2.75, 3.05) is 25.4 Å². The van der Waals surface area contributed by atoms with E-state index in [2.05, 4.69) is 0 Å². The van der Waals surface area contributed by atoms with Crippen LogP contribution in [0, 0.1) is 5.41 Å². The van der Waals surface area contributed by atoms with Crippen LogP contribution >= 0.6 is 11.8 Å². The van der Waals surface area contributed by atoms with Crippen LogP contribution in [-0.2, 0) is 4.74 Å². The number of nitrogens with zero attached hydrogens (tertiary/aromatic N) is 2. The van der Waals surface area contributed by atoms with Gasteiger partial charge in [-0.15, -0.1) is 0 Å². The van der Waals surface area contributed by atoms with E-state index in [-0.39, 0.29) is 12.1 Å². The number of thioether (sulfide) groups is 1. The molecule has 0 aromatic carbocycles. The van der Waals surface area contributed by atoms with Crippen LogP contribution < -0.4 is 0 Å². The van der Waals surface area contributed by atoms with Crippen molar-refractivity contribution in [3.8, 4) is 0 Å². The summed E-state index contributed by atoms with van der Waals surface area (Å²) in [7, 11) is 0. The normalized spacial score (nSPS) is 20.4. The maximum absolute atomic E-state index is 12.1. The first-order valence-electron chi connectivity index (χ1n) is 6.70. The largest absolute Gasteiger partial charge is 0.444 e. The van der Waals surface area contributed by atoms with Crippen LogP contribution in [0.5, 0.6) is 0 Å². The van der Waals surface area contributed by atoms with E-state index in [1.165, 1.54) is 11.8 Å². The number of carbonyl (C=O) groups is 1. The van der Waals surface area contributed by atoms with E-state index in [4.69, 9.17) is 10.1 Å². The fourth-order valence-corrected chi connectivity index (χ4v) is 2.58. The highest BCUT2D eigenvalue weighted by Gasteiger charge is 2.31. The molecule has 1 amide bonds. The predicted octanol–water partition coefficient (Wildman–Crippen LogP) is 2.62. The summed E-state index contributed by atoms with van der Waals surface area (Å²) in [5.74, 6) is 0.902. The molecule has 0 radical (unpaired) electrons. The van der Waals surface area contributed by atoms with Gasteiger partial charge in [0, 0.05) is 25.7 Å². The average molecular weight is 287 g/mol. The summed E-state index contributed by atoms with van der Waals surface area (Å²) in [6, 6.07) is 0.0707. The van der Waals surface area contributed by atoms with Crippen molar-refractivity contribution in [2.45, 2.75) is 46.3 Å². The van der Waals surface area contributed by atoms with E-state index in [1.54, 1.807) is 4.90 Å². The Morgan fingerprint density at radius 1 is 1.42 bits per heavy atom. The van der Waals surface area contributed by atoms with Gasteiger partial charge in [-0.1, -0.05) is 18.7 Å². The van der Waals surface area contributed by atoms with Gasteiger partial charge in [0.1, 0.15) is 5.60 Å². The molecule has 1 aliphatic rings. The van der Waals surface area contributed by atoms with E-state index in [9.17, 15) is 4.79 Å². The molecular formula is C13H25N3O2S. The van der Waals surface area contributed by atoms with Gasteiger partial charge in [-0.05, 0) is 33.4 Å². The van der Waals surface area contributed by atoms with Crippen molar-refractivity contribution in [1.29, 1.82) is 5.41 Å². The summed E-state index contributed by atoms with van der Waals surface area (Å²) in [4.78, 5) is 15.8. The second-order valence-electron chi connectivity index (χ2n) is 5.71. The predicted molar refractivity (Wildman–Crippen MR) is 79.8 cm³/mol. The second-order valence-corrected chi connectivity index (χ2v) is 6.96. The van der Waals surface area contributed by atoms with Gasteiger partial charge in [0.25, 0.3) is 0 Å². The van der Waals surface area contributed by atoms with Crippen LogP contribution in [0.1, 0.15) is 34.6 Å². The van der Waals surface area contributed by atoms with Crippen LogP contribution in [-0.4, -0.2) is 58.1 Å². The van der Waals surface area contributed by atoms with Crippen molar-refractivity contribution in [2.24, 2.45) is 0 Å². The number of carbonyl (C=O) groups excluding carboxylic acids is 1. The number of rotatable bonds is 1. The molecule has 1 rings (SSSR count). The van der Waals surface area contributed by atoms with Gasteiger partial charge in [-0.2, -0.15) is 0 Å². The molecule has 6 heteroatoms. The van der Waals surface area contributed by atoms with E-state index >= 15 is 0 Å². The third kappa shape index (κ3) is 4.93. The van der Waals surface area contributed by atoms with E-state index in [0.717, 1.165) is 5.75 Å². The Kier molecular flexibility index (Phi) is 5.52. The van der Waals surface area contributed by atoms with E-state index in [1.807, 2.05) is 39.5 Å². The number of ether oxygens (including phenoxy) is 1. The van der Waals surface area contributed by atoms with Crippen molar-refractivity contribution < 1.29 is 9.53 Å². The molecule has 1 heterocycles. The average Bonchev–Trinajstić information content (AvgIpc) is 2.26. The first-order valence-corrected chi connectivity index (χ1v) is 7.69. The molecule has 1 fully saturated rings. The number of nitrogens with one attached hydrogen (secondary N) is 1. The maximum Gasteiger partial charge on any atom is 0.410 e. The summed E-state index contributed by atoms with van der Waals surface area (Å²) in [5.41, 5.74) is -0.460. The Hall–Kier alpha value is -0.910. The molecule has 0 unspecified atom stereocenters. The fraction of sp³-hybridized carbons (Fsp3) is 0.846. The van der Waals surface area contributed by atoms with Crippen LogP contribution in [0.4, 0.5) is 4.79 Å². The molecule has 1 N–H and O–H groups in total. The topological polar surface area (TPSA) is 56.6 Å². The molecular weight excluding hydrogens is 262 g/mol. The summed E-state index contributed by atoms with van der Waals surface area (Å²) >= 11 is 1.53. The molecule has 19 heavy (non-hydrogen) atoms. The van der Waals surface area contributed by atoms with Crippen LogP contribution in [0.2, 0.25) is 0 Å². The standard InChI is InChI=1S/C13H25N3O2S/c1-6-19-11(14)15-7-8-16(10(2)9-15)12(17)18-13(3,4)5/h10,14H,6-9H2,1-5H3/t10-/m0/s1. The number of amides is 1. The lowest BCUT2D eigenvalue weighted by Gasteiger charge is -2.40. The third-order valence-corrected chi connectivity index (χ3v) is 3.64. The van der Waals surface area contributed by atoms with Crippen LogP contribution in [0.15, 0.2) is 0 Å². The lowest BCUT2D eigenvalue weighted by atomic mass is 10.2. The summed E-state index contributed by atoms with van der Waals surface area (Å²) in [5, 5.41) is 8.54. The molecule has 1 saturated heterocycles. The summed E-state index contributed by atoms with van der Waals surface area (Å²) < 4.78 is 5.40. The maximum atomic E-state index is 12.1. The van der Waals surface area contributed by atoms with Gasteiger partial charge in [0.2, 0.25) is 0 Å². The minimum Gasteiger partial charge on any atom is -0.444 e. The lowest BCUT2D eigenvalue weighted by molar-refractivity contribution is 0.00790. The molecule has 110 valence electrons. The first-order chi connectivity index (χ1) is 8.74. The van der Waals surface area contributed by atoms with Crippen molar-refractivity contribution in [3.05, 3.63) is 0 Å². The molecule has 0 aromatic heterocycles. The Morgan fingerprint density at radius 3 is 2.53 bits per heavy atom.